The van der Waals surface area contributed by atoms with Crippen LogP contribution in [0.25, 0.3) is 0 Å². The van der Waals surface area contributed by atoms with Crippen molar-refractivity contribution in [3.63, 3.8) is 0 Å². The standard InChI is InChI=1S/C12H21F5N2O4S/c1-4-18(24(22,23)12(16,17)11(13,14)15)7-5-8-19(2,3)9-6-10(20)21/h4-9H2,1-3H3. The summed E-state index contributed by atoms with van der Waals surface area (Å²) in [5, 5.41) is 4.55. The second-order valence-corrected chi connectivity index (χ2v) is 7.85. The molecule has 6 nitrogen and oxygen atoms in total. The molecular formula is C12H21F5N2O4S. The third kappa shape index (κ3) is 5.81. The van der Waals surface area contributed by atoms with Gasteiger partial charge in [0.25, 0.3) is 10.0 Å². The van der Waals surface area contributed by atoms with Gasteiger partial charge in [-0.25, -0.2) is 8.42 Å². The Morgan fingerprint density at radius 2 is 1.62 bits per heavy atom. The summed E-state index contributed by atoms with van der Waals surface area (Å²) >= 11 is 0. The van der Waals surface area contributed by atoms with Gasteiger partial charge in [0.2, 0.25) is 0 Å². The first-order chi connectivity index (χ1) is 10.6. The molecule has 0 fully saturated rings. The van der Waals surface area contributed by atoms with Crippen molar-refractivity contribution in [2.75, 3.05) is 40.3 Å². The highest BCUT2D eigenvalue weighted by atomic mass is 32.2. The number of sulfonamides is 1. The van der Waals surface area contributed by atoms with Crippen LogP contribution in [0.3, 0.4) is 0 Å². The molecular weight excluding hydrogens is 363 g/mol. The molecule has 0 aliphatic rings. The molecule has 0 aliphatic carbocycles. The van der Waals surface area contributed by atoms with Crippen molar-refractivity contribution in [3.8, 4) is 0 Å². The predicted octanol–water partition coefficient (Wildman–Crippen LogP) is 0.400. The van der Waals surface area contributed by atoms with Crippen LogP contribution in [0.1, 0.15) is 19.8 Å². The van der Waals surface area contributed by atoms with Crippen molar-refractivity contribution in [3.05, 3.63) is 0 Å². The van der Waals surface area contributed by atoms with Gasteiger partial charge in [0.05, 0.1) is 27.2 Å². The van der Waals surface area contributed by atoms with Crippen LogP contribution < -0.4 is 5.11 Å². The summed E-state index contributed by atoms with van der Waals surface area (Å²) in [5.74, 6) is -1.27. The van der Waals surface area contributed by atoms with E-state index in [0.29, 0.717) is 0 Å². The Morgan fingerprint density at radius 1 is 1.12 bits per heavy atom. The van der Waals surface area contributed by atoms with Crippen LogP contribution in [0.5, 0.6) is 0 Å². The molecule has 0 aromatic carbocycles. The van der Waals surface area contributed by atoms with Crippen LogP contribution in [0.15, 0.2) is 0 Å². The summed E-state index contributed by atoms with van der Waals surface area (Å²) in [6.07, 6.45) is -6.47. The van der Waals surface area contributed by atoms with Gasteiger partial charge in [-0.1, -0.05) is 6.92 Å². The molecule has 0 unspecified atom stereocenters. The van der Waals surface area contributed by atoms with Crippen LogP contribution in [0, 0.1) is 0 Å². The zero-order valence-corrected chi connectivity index (χ0v) is 14.4. The third-order valence-corrected chi connectivity index (χ3v) is 5.44. The number of alkyl halides is 5. The molecule has 0 aromatic heterocycles. The molecule has 0 radical (unpaired) electrons. The Morgan fingerprint density at radius 3 is 2.00 bits per heavy atom. The average molecular weight is 384 g/mol. The number of carboxylic acid groups (broad SMARTS) is 1. The van der Waals surface area contributed by atoms with E-state index in [4.69, 9.17) is 0 Å². The van der Waals surface area contributed by atoms with E-state index in [1.165, 1.54) is 0 Å². The monoisotopic (exact) mass is 384 g/mol. The van der Waals surface area contributed by atoms with E-state index in [2.05, 4.69) is 0 Å². The van der Waals surface area contributed by atoms with Crippen LogP contribution in [0.4, 0.5) is 22.0 Å². The molecule has 0 aromatic rings. The van der Waals surface area contributed by atoms with Crippen molar-refractivity contribution in [2.24, 2.45) is 0 Å². The van der Waals surface area contributed by atoms with Crippen LogP contribution >= 0.6 is 0 Å². The molecule has 0 N–H and O–H groups in total. The molecule has 24 heavy (non-hydrogen) atoms. The van der Waals surface area contributed by atoms with Gasteiger partial charge in [-0.05, 0) is 0 Å². The topological polar surface area (TPSA) is 77.5 Å². The number of nitrogens with zero attached hydrogens (tertiary/aromatic N) is 2. The van der Waals surface area contributed by atoms with Crippen LogP contribution in [0.2, 0.25) is 0 Å². The number of carbonyl (C=O) groups excluding carboxylic acids is 1. The molecule has 0 aliphatic heterocycles. The summed E-state index contributed by atoms with van der Waals surface area (Å²) < 4.78 is 86.6. The van der Waals surface area contributed by atoms with Crippen molar-refractivity contribution < 1.29 is 44.8 Å². The van der Waals surface area contributed by atoms with Gasteiger partial charge in [0, 0.05) is 31.9 Å². The zero-order chi connectivity index (χ0) is 19.4. The molecule has 0 amide bonds. The minimum absolute atomic E-state index is 0.0128. The average Bonchev–Trinajstić information content (AvgIpc) is 2.39. The maximum atomic E-state index is 13.2. The molecule has 12 heteroatoms. The van der Waals surface area contributed by atoms with Gasteiger partial charge in [0.15, 0.2) is 0 Å². The van der Waals surface area contributed by atoms with E-state index in [1.807, 2.05) is 0 Å². The molecule has 0 rings (SSSR count). The van der Waals surface area contributed by atoms with E-state index in [9.17, 15) is 40.3 Å². The van der Waals surface area contributed by atoms with Gasteiger partial charge >= 0.3 is 11.4 Å². The Kier molecular flexibility index (Phi) is 7.58. The van der Waals surface area contributed by atoms with E-state index in [-0.39, 0.29) is 34.7 Å². The maximum Gasteiger partial charge on any atom is 0.470 e. The number of rotatable bonds is 10. The first-order valence-corrected chi connectivity index (χ1v) is 8.48. The first-order valence-electron chi connectivity index (χ1n) is 7.04. The third-order valence-electron chi connectivity index (χ3n) is 3.44. The highest BCUT2D eigenvalue weighted by Gasteiger charge is 2.68. The summed E-state index contributed by atoms with van der Waals surface area (Å²) in [6, 6.07) is 0. The molecule has 0 heterocycles. The fourth-order valence-corrected chi connectivity index (χ4v) is 3.26. The fourth-order valence-electron chi connectivity index (χ4n) is 1.94. The first kappa shape index (κ1) is 23.0. The predicted molar refractivity (Wildman–Crippen MR) is 73.3 cm³/mol. The van der Waals surface area contributed by atoms with E-state index in [1.54, 1.807) is 14.1 Å². The number of aliphatic carboxylic acids is 1. The molecule has 0 bridgehead atoms. The minimum Gasteiger partial charge on any atom is -0.550 e. The molecule has 0 spiro atoms. The number of carbonyl (C=O) groups is 1. The second kappa shape index (κ2) is 7.91. The van der Waals surface area contributed by atoms with E-state index >= 15 is 0 Å². The number of quaternary nitrogens is 1. The number of hydrogen-bond acceptors (Lipinski definition) is 4. The minimum atomic E-state index is -6.21. The lowest BCUT2D eigenvalue weighted by Crippen LogP contribution is -2.52. The maximum absolute atomic E-state index is 13.2. The van der Waals surface area contributed by atoms with Gasteiger partial charge in [0.1, 0.15) is 0 Å². The lowest BCUT2D eigenvalue weighted by atomic mass is 10.3. The van der Waals surface area contributed by atoms with Crippen LogP contribution in [-0.2, 0) is 14.8 Å². The van der Waals surface area contributed by atoms with Crippen LogP contribution in [-0.4, -0.2) is 74.9 Å². The van der Waals surface area contributed by atoms with Crippen molar-refractivity contribution >= 4 is 16.0 Å². The second-order valence-electron chi connectivity index (χ2n) is 5.87. The summed E-state index contributed by atoms with van der Waals surface area (Å²) in [7, 11) is -2.64. The Hall–Kier alpha value is -1.01. The quantitative estimate of drug-likeness (QED) is 0.404. The lowest BCUT2D eigenvalue weighted by Gasteiger charge is -2.32. The van der Waals surface area contributed by atoms with Gasteiger partial charge in [-0.2, -0.15) is 26.3 Å². The number of halogens is 5. The Labute approximate surface area is 137 Å². The summed E-state index contributed by atoms with van der Waals surface area (Å²) in [6.45, 7) is 0.425. The lowest BCUT2D eigenvalue weighted by molar-refractivity contribution is -0.890. The Bertz CT molecular complexity index is 534. The summed E-state index contributed by atoms with van der Waals surface area (Å²) in [5.41, 5.74) is 0. The highest BCUT2D eigenvalue weighted by Crippen LogP contribution is 2.41. The van der Waals surface area contributed by atoms with Gasteiger partial charge < -0.3 is 14.4 Å². The number of carboxylic acids is 1. The fraction of sp³-hybridized carbons (Fsp3) is 0.917. The van der Waals surface area contributed by atoms with Crippen molar-refractivity contribution in [2.45, 2.75) is 31.2 Å². The van der Waals surface area contributed by atoms with Gasteiger partial charge in [-0.3, -0.25) is 0 Å². The molecule has 0 saturated carbocycles. The number of hydrogen-bond donors (Lipinski definition) is 0. The normalized spacial score (nSPS) is 14.2. The highest BCUT2D eigenvalue weighted by molar-refractivity contribution is 7.90. The van der Waals surface area contributed by atoms with E-state index < -0.39 is 40.5 Å². The molecule has 144 valence electrons. The van der Waals surface area contributed by atoms with Crippen molar-refractivity contribution in [1.29, 1.82) is 0 Å². The smallest absolute Gasteiger partial charge is 0.470 e. The molecule has 0 atom stereocenters. The van der Waals surface area contributed by atoms with E-state index in [0.717, 1.165) is 6.92 Å². The van der Waals surface area contributed by atoms with Crippen molar-refractivity contribution in [1.82, 2.24) is 4.31 Å². The van der Waals surface area contributed by atoms with Gasteiger partial charge in [-0.15, -0.1) is 0 Å². The summed E-state index contributed by atoms with van der Waals surface area (Å²) in [4.78, 5) is 10.4. The SMILES string of the molecule is CCN(CCC[N+](C)(C)CCC(=O)[O-])S(=O)(=O)C(F)(F)C(F)(F)F. The largest absolute Gasteiger partial charge is 0.550 e. The Balaban J connectivity index is 4.93. The zero-order valence-electron chi connectivity index (χ0n) is 13.6. The molecule has 0 saturated heterocycles.